The molecule has 11 nitrogen and oxygen atoms in total. The zero-order valence-electron chi connectivity index (χ0n) is 26.5. The number of fused-ring (bicyclic) bond motifs is 5. The molecule has 1 aliphatic heterocycles. The molecule has 1 aromatic rings. The second-order valence-electron chi connectivity index (χ2n) is 13.7. The van der Waals surface area contributed by atoms with Crippen LogP contribution in [-0.2, 0) is 42.9 Å². The molecule has 6 rings (SSSR count). The van der Waals surface area contributed by atoms with Crippen molar-refractivity contribution < 1.29 is 52.4 Å². The van der Waals surface area contributed by atoms with E-state index >= 15 is 4.79 Å². The minimum atomic E-state index is -2.38. The first-order valence-electron chi connectivity index (χ1n) is 15.1. The lowest BCUT2D eigenvalue weighted by Gasteiger charge is -2.53. The Hall–Kier alpha value is -3.99. The third-order valence-electron chi connectivity index (χ3n) is 11.6. The largest absolute Gasteiger partial charge is 0.472 e. The zero-order valence-corrected chi connectivity index (χ0v) is 26.5. The molecule has 0 spiro atoms. The van der Waals surface area contributed by atoms with E-state index in [1.165, 1.54) is 45.6 Å². The molecule has 2 heterocycles. The molecule has 2 saturated carbocycles. The maximum absolute atomic E-state index is 15.2. The van der Waals surface area contributed by atoms with Gasteiger partial charge in [-0.05, 0) is 50.7 Å². The van der Waals surface area contributed by atoms with Crippen molar-refractivity contribution in [1.82, 2.24) is 0 Å². The van der Waals surface area contributed by atoms with Crippen LogP contribution in [0.3, 0.4) is 0 Å². The van der Waals surface area contributed by atoms with Gasteiger partial charge in [-0.2, -0.15) is 0 Å². The van der Waals surface area contributed by atoms with Gasteiger partial charge in [-0.3, -0.25) is 14.4 Å². The van der Waals surface area contributed by atoms with Crippen molar-refractivity contribution >= 4 is 29.7 Å². The number of methoxy groups -OCH3 is 1. The Labute approximate surface area is 260 Å². The van der Waals surface area contributed by atoms with E-state index in [-0.39, 0.29) is 24.0 Å². The maximum Gasteiger partial charge on any atom is 0.334 e. The van der Waals surface area contributed by atoms with E-state index in [1.807, 2.05) is 6.92 Å². The van der Waals surface area contributed by atoms with Crippen molar-refractivity contribution in [1.29, 1.82) is 0 Å². The number of esters is 4. The monoisotopic (exact) mass is 622 g/mol. The van der Waals surface area contributed by atoms with Crippen molar-refractivity contribution in [2.75, 3.05) is 7.11 Å². The van der Waals surface area contributed by atoms with Crippen LogP contribution >= 0.6 is 0 Å². The highest BCUT2D eigenvalue weighted by atomic mass is 16.6. The number of carbonyl (C=O) groups excluding carboxylic acids is 5. The molecule has 8 atom stereocenters. The second-order valence-corrected chi connectivity index (χ2v) is 13.7. The Morgan fingerprint density at radius 2 is 1.87 bits per heavy atom. The van der Waals surface area contributed by atoms with Gasteiger partial charge in [0.25, 0.3) is 0 Å². The number of rotatable bonds is 6. The lowest BCUT2D eigenvalue weighted by atomic mass is 9.55. The smallest absolute Gasteiger partial charge is 0.334 e. The molecule has 2 bridgehead atoms. The third-order valence-corrected chi connectivity index (χ3v) is 11.6. The summed E-state index contributed by atoms with van der Waals surface area (Å²) in [4.78, 5) is 67.8. The molecule has 2 fully saturated rings. The van der Waals surface area contributed by atoms with Gasteiger partial charge in [0.05, 0.1) is 19.6 Å². The zero-order chi connectivity index (χ0) is 32.9. The first kappa shape index (κ1) is 31.0. The second kappa shape index (κ2) is 9.75. The lowest BCUT2D eigenvalue weighted by Crippen LogP contribution is -2.70. The Kier molecular flexibility index (Phi) is 6.72. The van der Waals surface area contributed by atoms with Crippen molar-refractivity contribution in [2.24, 2.45) is 22.2 Å². The fourth-order valence-electron chi connectivity index (χ4n) is 9.40. The van der Waals surface area contributed by atoms with E-state index in [0.717, 1.165) is 0 Å². The van der Waals surface area contributed by atoms with Crippen molar-refractivity contribution in [3.63, 3.8) is 0 Å². The predicted octanol–water partition coefficient (Wildman–Crippen LogP) is 4.00. The van der Waals surface area contributed by atoms with E-state index < -0.39 is 75.2 Å². The summed E-state index contributed by atoms with van der Waals surface area (Å²) in [6.45, 7) is 9.73. The highest BCUT2D eigenvalue weighted by molar-refractivity contribution is 6.06. The summed E-state index contributed by atoms with van der Waals surface area (Å²) < 4.78 is 28.3. The molecule has 0 amide bonds. The molecular formula is C34H38O11. The van der Waals surface area contributed by atoms with Gasteiger partial charge in [-0.15, -0.1) is 0 Å². The number of aliphatic hydroxyl groups is 1. The lowest BCUT2D eigenvalue weighted by molar-refractivity contribution is -0.215. The molecule has 1 N–H and O–H groups in total. The molecule has 8 unspecified atom stereocenters. The van der Waals surface area contributed by atoms with E-state index in [0.29, 0.717) is 29.6 Å². The number of ether oxygens (including phenoxy) is 4. The summed E-state index contributed by atoms with van der Waals surface area (Å²) >= 11 is 0. The highest BCUT2D eigenvalue weighted by Crippen LogP contribution is 2.80. The fourth-order valence-corrected chi connectivity index (χ4v) is 9.40. The molecule has 11 heteroatoms. The van der Waals surface area contributed by atoms with Crippen LogP contribution in [0.1, 0.15) is 78.9 Å². The summed E-state index contributed by atoms with van der Waals surface area (Å²) in [5.41, 5.74) is -5.96. The van der Waals surface area contributed by atoms with E-state index in [1.54, 1.807) is 26.8 Å². The molecular weight excluding hydrogens is 584 g/mol. The molecule has 0 saturated heterocycles. The van der Waals surface area contributed by atoms with Gasteiger partial charge in [-0.25, -0.2) is 9.59 Å². The number of Topliss-reactive ketones (excluding diaryl/α,β-unsaturated/α-hetero) is 1. The van der Waals surface area contributed by atoms with E-state index in [2.05, 4.69) is 0 Å². The number of ketones is 1. The van der Waals surface area contributed by atoms with E-state index in [9.17, 15) is 24.3 Å². The molecule has 45 heavy (non-hydrogen) atoms. The van der Waals surface area contributed by atoms with Crippen LogP contribution in [0.4, 0.5) is 0 Å². The third kappa shape index (κ3) is 3.64. The predicted molar refractivity (Wildman–Crippen MR) is 155 cm³/mol. The maximum atomic E-state index is 15.2. The number of hydrogen-bond donors (Lipinski definition) is 1. The molecule has 5 aliphatic rings. The molecule has 4 aliphatic carbocycles. The van der Waals surface area contributed by atoms with Crippen LogP contribution in [0.25, 0.3) is 0 Å². The topological polar surface area (TPSA) is 156 Å². The Morgan fingerprint density at radius 3 is 2.47 bits per heavy atom. The first-order valence-corrected chi connectivity index (χ1v) is 15.1. The Morgan fingerprint density at radius 1 is 1.16 bits per heavy atom. The minimum absolute atomic E-state index is 0.142. The van der Waals surface area contributed by atoms with Crippen LogP contribution in [0.5, 0.6) is 0 Å². The van der Waals surface area contributed by atoms with Crippen LogP contribution in [0.2, 0.25) is 0 Å². The van der Waals surface area contributed by atoms with Crippen LogP contribution in [0.15, 0.2) is 57.5 Å². The SMILES string of the molecule is CC=C(C)C(=O)OC12C(=O)C(OC(C)=O)C3(C)CC1(O)C(C)(C1=C2C2=CC(=O)OC(c4ccoc4)C2(C)CC1)C3CC(=O)OC. The Balaban J connectivity index is 1.70. The summed E-state index contributed by atoms with van der Waals surface area (Å²) in [6.07, 6.45) is 3.89. The number of carbonyl (C=O) groups is 5. The van der Waals surface area contributed by atoms with Crippen LogP contribution < -0.4 is 0 Å². The van der Waals surface area contributed by atoms with Gasteiger partial charge in [0.2, 0.25) is 11.4 Å². The normalized spacial score (nSPS) is 39.9. The fraction of sp³-hybridized carbons (Fsp3) is 0.559. The van der Waals surface area contributed by atoms with Gasteiger partial charge < -0.3 is 28.5 Å². The number of hydrogen-bond acceptors (Lipinski definition) is 11. The van der Waals surface area contributed by atoms with E-state index in [4.69, 9.17) is 23.4 Å². The summed E-state index contributed by atoms with van der Waals surface area (Å²) in [5, 5.41) is 13.2. The number of cyclic esters (lactones) is 1. The number of allylic oxidation sites excluding steroid dienone is 1. The van der Waals surface area contributed by atoms with Crippen molar-refractivity contribution in [2.45, 2.75) is 90.6 Å². The standard InChI is InChI=1S/C34H38O11/c1-8-17(2)29(39)45-34-25-20(9-11-30(4)21(25)13-24(37)44-27(30)19-10-12-42-15-19)32(6)22(14-23(36)41-7)31(5,16-33(32,34)40)28(26(34)38)43-18(3)35/h8,10,12-13,15,22,27-28,40H,9,11,14,16H2,1-7H3. The van der Waals surface area contributed by atoms with Gasteiger partial charge >= 0.3 is 23.9 Å². The van der Waals surface area contributed by atoms with Gasteiger partial charge in [-0.1, -0.05) is 32.4 Å². The first-order chi connectivity index (χ1) is 21.1. The minimum Gasteiger partial charge on any atom is -0.472 e. The molecule has 0 radical (unpaired) electrons. The average molecular weight is 623 g/mol. The molecule has 1 aromatic heterocycles. The summed E-state index contributed by atoms with van der Waals surface area (Å²) in [5.74, 6) is -4.46. The van der Waals surface area contributed by atoms with Crippen LogP contribution in [-0.4, -0.2) is 59.2 Å². The Bertz CT molecular complexity index is 1630. The van der Waals surface area contributed by atoms with Gasteiger partial charge in [0.1, 0.15) is 11.7 Å². The molecule has 0 aromatic carbocycles. The van der Waals surface area contributed by atoms with Crippen molar-refractivity contribution in [3.05, 3.63) is 58.6 Å². The van der Waals surface area contributed by atoms with Gasteiger partial charge in [0, 0.05) is 52.4 Å². The number of furan rings is 1. The molecule has 240 valence electrons. The van der Waals surface area contributed by atoms with Crippen molar-refractivity contribution in [3.8, 4) is 0 Å². The summed E-state index contributed by atoms with van der Waals surface area (Å²) in [7, 11) is 1.25. The van der Waals surface area contributed by atoms with Crippen LogP contribution in [0, 0.1) is 22.2 Å². The quantitative estimate of drug-likeness (QED) is 0.278. The van der Waals surface area contributed by atoms with Gasteiger partial charge in [0.15, 0.2) is 6.10 Å². The average Bonchev–Trinajstić information content (AvgIpc) is 3.61. The summed E-state index contributed by atoms with van der Waals surface area (Å²) in [6, 6.07) is 1.69. The highest BCUT2D eigenvalue weighted by Gasteiger charge is 2.88.